The highest BCUT2D eigenvalue weighted by molar-refractivity contribution is 5.97. The number of aliphatic hydroxyl groups is 1. The van der Waals surface area contributed by atoms with Crippen LogP contribution in [0.2, 0.25) is 0 Å². The number of carbonyl (C=O) groups excluding carboxylic acids is 1. The Kier molecular flexibility index (Phi) is 5.58. The number of rotatable bonds is 7. The molecular weight excluding hydrogens is 404 g/mol. The third kappa shape index (κ3) is 3.83. The summed E-state index contributed by atoms with van der Waals surface area (Å²) in [6.07, 6.45) is 1.78. The minimum absolute atomic E-state index is 0.123. The molecule has 2 aliphatic heterocycles. The second-order valence-corrected chi connectivity index (χ2v) is 6.95. The highest BCUT2D eigenvalue weighted by Crippen LogP contribution is 2.44. The van der Waals surface area contributed by atoms with E-state index in [4.69, 9.17) is 28.7 Å². The third-order valence-corrected chi connectivity index (χ3v) is 5.16. The van der Waals surface area contributed by atoms with Gasteiger partial charge in [-0.15, -0.1) is 0 Å². The Labute approximate surface area is 179 Å². The minimum Gasteiger partial charge on any atom is -0.497 e. The molecule has 0 amide bonds. The molecule has 1 N–H and O–H groups in total. The van der Waals surface area contributed by atoms with Crippen LogP contribution in [0.15, 0.2) is 65.4 Å². The second-order valence-electron chi connectivity index (χ2n) is 6.95. The predicted octanol–water partition coefficient (Wildman–Crippen LogP) is 2.80. The van der Waals surface area contributed by atoms with Crippen LogP contribution in [-0.4, -0.2) is 39.0 Å². The number of cyclic esters (lactones) is 1. The first-order valence-electron chi connectivity index (χ1n) is 9.54. The normalized spacial score (nSPS) is 20.3. The van der Waals surface area contributed by atoms with Crippen molar-refractivity contribution in [2.45, 2.75) is 12.2 Å². The molecule has 0 aliphatic carbocycles. The van der Waals surface area contributed by atoms with Gasteiger partial charge in [0.25, 0.3) is 5.79 Å². The van der Waals surface area contributed by atoms with E-state index in [0.717, 1.165) is 5.56 Å². The van der Waals surface area contributed by atoms with Crippen LogP contribution < -0.4 is 14.2 Å². The van der Waals surface area contributed by atoms with Gasteiger partial charge < -0.3 is 28.9 Å². The van der Waals surface area contributed by atoms with Gasteiger partial charge in [0.1, 0.15) is 29.4 Å². The molecule has 0 bridgehead atoms. The summed E-state index contributed by atoms with van der Waals surface area (Å²) in [6.45, 7) is 0.188. The Bertz CT molecular complexity index is 1030. The molecule has 2 heterocycles. The summed E-state index contributed by atoms with van der Waals surface area (Å²) < 4.78 is 21.4. The maximum absolute atomic E-state index is 12.8. The van der Waals surface area contributed by atoms with E-state index in [1.807, 2.05) is 0 Å². The van der Waals surface area contributed by atoms with Crippen molar-refractivity contribution in [3.8, 4) is 17.2 Å². The van der Waals surface area contributed by atoms with Gasteiger partial charge in [-0.3, -0.25) is 0 Å². The van der Waals surface area contributed by atoms with Gasteiger partial charge in [-0.1, -0.05) is 0 Å². The topological polar surface area (TPSA) is 92.7 Å². The molecule has 0 fully saturated rings. The number of esters is 1. The van der Waals surface area contributed by atoms with E-state index in [1.54, 1.807) is 69.9 Å². The standard InChI is InChI=1S/C23H22O8/c1-26-16-6-4-15(5-7-16)23(25)19(21(22(24)30-23)20-8-9-29-31-20)12-14-10-17(27-2)13-18(11-14)28-3/h4-8,10-11,13,25H,9,12H2,1-3H3. The number of ether oxygens (including phenoxy) is 4. The fourth-order valence-corrected chi connectivity index (χ4v) is 3.60. The lowest BCUT2D eigenvalue weighted by atomic mass is 9.89. The van der Waals surface area contributed by atoms with Crippen LogP contribution >= 0.6 is 0 Å². The summed E-state index contributed by atoms with van der Waals surface area (Å²) in [7, 11) is 4.64. The second kappa shape index (κ2) is 8.33. The Morgan fingerprint density at radius 2 is 1.61 bits per heavy atom. The summed E-state index contributed by atoms with van der Waals surface area (Å²) in [5.74, 6) is -0.736. The molecule has 4 rings (SSSR count). The molecule has 2 aromatic rings. The zero-order valence-corrected chi connectivity index (χ0v) is 17.3. The van der Waals surface area contributed by atoms with Crippen LogP contribution in [0.4, 0.5) is 0 Å². The van der Waals surface area contributed by atoms with E-state index >= 15 is 0 Å². The lowest BCUT2D eigenvalue weighted by molar-refractivity contribution is -0.231. The van der Waals surface area contributed by atoms with Crippen molar-refractivity contribution in [3.63, 3.8) is 0 Å². The van der Waals surface area contributed by atoms with Crippen molar-refractivity contribution < 1.29 is 38.6 Å². The molecule has 0 saturated carbocycles. The quantitative estimate of drug-likeness (QED) is 0.534. The van der Waals surface area contributed by atoms with Gasteiger partial charge in [0.05, 0.1) is 21.3 Å². The van der Waals surface area contributed by atoms with E-state index in [2.05, 4.69) is 0 Å². The monoisotopic (exact) mass is 426 g/mol. The summed E-state index contributed by atoms with van der Waals surface area (Å²) >= 11 is 0. The maximum Gasteiger partial charge on any atom is 0.345 e. The molecule has 8 nitrogen and oxygen atoms in total. The number of benzene rings is 2. The first-order valence-corrected chi connectivity index (χ1v) is 9.54. The van der Waals surface area contributed by atoms with Crippen molar-refractivity contribution in [3.05, 3.63) is 76.6 Å². The molecule has 1 atom stereocenters. The van der Waals surface area contributed by atoms with Gasteiger partial charge in [0.2, 0.25) is 0 Å². The van der Waals surface area contributed by atoms with Crippen molar-refractivity contribution in [1.29, 1.82) is 0 Å². The van der Waals surface area contributed by atoms with Gasteiger partial charge in [0.15, 0.2) is 5.76 Å². The first kappa shape index (κ1) is 20.8. The van der Waals surface area contributed by atoms with Crippen molar-refractivity contribution in [1.82, 2.24) is 0 Å². The Morgan fingerprint density at radius 1 is 0.968 bits per heavy atom. The smallest absolute Gasteiger partial charge is 0.345 e. The molecule has 2 aliphatic rings. The van der Waals surface area contributed by atoms with Crippen molar-refractivity contribution in [2.24, 2.45) is 0 Å². The first-order chi connectivity index (χ1) is 15.0. The predicted molar refractivity (Wildman–Crippen MR) is 108 cm³/mol. The fourth-order valence-electron chi connectivity index (χ4n) is 3.60. The molecule has 162 valence electrons. The van der Waals surface area contributed by atoms with Crippen LogP contribution in [0.3, 0.4) is 0 Å². The zero-order chi connectivity index (χ0) is 22.0. The molecule has 8 heteroatoms. The number of hydrogen-bond acceptors (Lipinski definition) is 8. The molecule has 0 spiro atoms. The maximum atomic E-state index is 12.8. The van der Waals surface area contributed by atoms with Crippen molar-refractivity contribution >= 4 is 5.97 Å². The minimum atomic E-state index is -2.00. The van der Waals surface area contributed by atoms with E-state index in [0.29, 0.717) is 28.4 Å². The number of carbonyl (C=O) groups is 1. The SMILES string of the molecule is COc1ccc(C2(O)OC(=O)C(C3=CCOO3)=C2Cc2cc(OC)cc(OC)c2)cc1. The van der Waals surface area contributed by atoms with E-state index < -0.39 is 11.8 Å². The Balaban J connectivity index is 1.83. The third-order valence-electron chi connectivity index (χ3n) is 5.16. The molecular formula is C23H22O8. The zero-order valence-electron chi connectivity index (χ0n) is 17.3. The molecule has 0 radical (unpaired) electrons. The van der Waals surface area contributed by atoms with Gasteiger partial charge in [-0.05, 0) is 48.0 Å². The van der Waals surface area contributed by atoms with Gasteiger partial charge >= 0.3 is 5.97 Å². The van der Waals surface area contributed by atoms with E-state index in [9.17, 15) is 9.90 Å². The fraction of sp³-hybridized carbons (Fsp3) is 0.261. The van der Waals surface area contributed by atoms with Gasteiger partial charge in [-0.2, -0.15) is 4.89 Å². The molecule has 2 aromatic carbocycles. The summed E-state index contributed by atoms with van der Waals surface area (Å²) in [6, 6.07) is 12.0. The van der Waals surface area contributed by atoms with E-state index in [1.165, 1.54) is 0 Å². The average molecular weight is 426 g/mol. The van der Waals surface area contributed by atoms with Crippen LogP contribution in [0, 0.1) is 0 Å². The Hall–Kier alpha value is -3.49. The van der Waals surface area contributed by atoms with Gasteiger partial charge in [0, 0.05) is 23.6 Å². The number of hydrogen-bond donors (Lipinski definition) is 1. The van der Waals surface area contributed by atoms with E-state index in [-0.39, 0.29) is 24.4 Å². The highest BCUT2D eigenvalue weighted by Gasteiger charge is 2.49. The lowest BCUT2D eigenvalue weighted by Crippen LogP contribution is -2.29. The molecule has 0 aromatic heterocycles. The lowest BCUT2D eigenvalue weighted by Gasteiger charge is -2.26. The van der Waals surface area contributed by atoms with Crippen molar-refractivity contribution in [2.75, 3.05) is 27.9 Å². The summed E-state index contributed by atoms with van der Waals surface area (Å²) in [5, 5.41) is 11.6. The molecule has 1 unspecified atom stereocenters. The average Bonchev–Trinajstić information content (AvgIpc) is 3.40. The molecule has 31 heavy (non-hydrogen) atoms. The summed E-state index contributed by atoms with van der Waals surface area (Å²) in [5.41, 5.74) is 1.56. The summed E-state index contributed by atoms with van der Waals surface area (Å²) in [4.78, 5) is 22.9. The van der Waals surface area contributed by atoms with Crippen LogP contribution in [-0.2, 0) is 31.5 Å². The molecule has 0 saturated heterocycles. The largest absolute Gasteiger partial charge is 0.497 e. The van der Waals surface area contributed by atoms with Crippen LogP contribution in [0.1, 0.15) is 11.1 Å². The highest BCUT2D eigenvalue weighted by atomic mass is 17.2. The van der Waals surface area contributed by atoms with Crippen LogP contribution in [0.25, 0.3) is 0 Å². The Morgan fingerprint density at radius 3 is 2.16 bits per heavy atom. The van der Waals surface area contributed by atoms with Gasteiger partial charge in [-0.25, -0.2) is 4.79 Å². The number of methoxy groups -OCH3 is 3. The van der Waals surface area contributed by atoms with Crippen LogP contribution in [0.5, 0.6) is 17.2 Å².